The van der Waals surface area contributed by atoms with E-state index >= 15 is 0 Å². The number of benzene rings is 1. The third-order valence-electron chi connectivity index (χ3n) is 1.35. The van der Waals surface area contributed by atoms with Crippen LogP contribution in [0.1, 0.15) is 5.56 Å². The Balaban J connectivity index is 2.20. The Morgan fingerprint density at radius 2 is 2.08 bits per heavy atom. The second-order valence-electron chi connectivity index (χ2n) is 2.29. The molecule has 2 nitrogen and oxygen atoms in total. The summed E-state index contributed by atoms with van der Waals surface area (Å²) in [6, 6.07) is 10.1. The van der Waals surface area contributed by atoms with Crippen molar-refractivity contribution in [3.8, 4) is 0 Å². The van der Waals surface area contributed by atoms with Gasteiger partial charge in [0, 0.05) is 5.75 Å². The van der Waals surface area contributed by atoms with Crippen LogP contribution in [0.25, 0.3) is 0 Å². The van der Waals surface area contributed by atoms with E-state index in [2.05, 4.69) is 16.9 Å². The van der Waals surface area contributed by atoms with Gasteiger partial charge < -0.3 is 4.79 Å². The fraction of sp³-hybridized carbons (Fsp3) is 0.222. The maximum Gasteiger partial charge on any atom is 0.134 e. The van der Waals surface area contributed by atoms with Gasteiger partial charge in [-0.3, -0.25) is 4.72 Å². The minimum atomic E-state index is 0.414. The Kier molecular flexibility index (Phi) is 4.49. The summed E-state index contributed by atoms with van der Waals surface area (Å²) in [6.45, 7) is 0.414. The topological polar surface area (TPSA) is 29.1 Å². The third kappa shape index (κ3) is 3.55. The second kappa shape index (κ2) is 5.80. The van der Waals surface area contributed by atoms with E-state index in [1.54, 1.807) is 11.9 Å². The standard InChI is InChI=1S/C9H11NOS/c11-7-6-10-12-8-9-4-2-1-3-5-9/h1-5,7,10H,6,8H2. The maximum absolute atomic E-state index is 9.94. The van der Waals surface area contributed by atoms with Crippen LogP contribution in [0.5, 0.6) is 0 Å². The van der Waals surface area contributed by atoms with Crippen molar-refractivity contribution in [2.24, 2.45) is 0 Å². The van der Waals surface area contributed by atoms with Gasteiger partial charge in [0.1, 0.15) is 6.29 Å². The van der Waals surface area contributed by atoms with Gasteiger partial charge in [-0.2, -0.15) is 0 Å². The molecule has 0 spiro atoms. The molecule has 0 bridgehead atoms. The molecule has 0 saturated heterocycles. The Morgan fingerprint density at radius 3 is 2.75 bits per heavy atom. The van der Waals surface area contributed by atoms with E-state index in [9.17, 15) is 4.79 Å². The predicted molar refractivity (Wildman–Crippen MR) is 51.8 cm³/mol. The maximum atomic E-state index is 9.94. The molecule has 0 atom stereocenters. The number of aldehydes is 1. The van der Waals surface area contributed by atoms with E-state index in [0.717, 1.165) is 12.0 Å². The summed E-state index contributed by atoms with van der Waals surface area (Å²) in [6.07, 6.45) is 0.859. The SMILES string of the molecule is O=CCNSCc1ccccc1. The normalized spacial score (nSPS) is 9.67. The van der Waals surface area contributed by atoms with Crippen LogP contribution in [0.2, 0.25) is 0 Å². The molecular formula is C9H11NOS. The van der Waals surface area contributed by atoms with Crippen LogP contribution in [0.3, 0.4) is 0 Å². The summed E-state index contributed by atoms with van der Waals surface area (Å²) in [5.74, 6) is 0.898. The Morgan fingerprint density at radius 1 is 1.33 bits per heavy atom. The van der Waals surface area contributed by atoms with Crippen LogP contribution in [0.15, 0.2) is 30.3 Å². The van der Waals surface area contributed by atoms with Gasteiger partial charge >= 0.3 is 0 Å². The first-order valence-corrected chi connectivity index (χ1v) is 4.74. The summed E-state index contributed by atoms with van der Waals surface area (Å²) < 4.78 is 2.93. The zero-order valence-electron chi connectivity index (χ0n) is 6.69. The van der Waals surface area contributed by atoms with E-state index < -0.39 is 0 Å². The summed E-state index contributed by atoms with van der Waals surface area (Å²) in [7, 11) is 0. The largest absolute Gasteiger partial charge is 0.302 e. The molecule has 0 aliphatic carbocycles. The van der Waals surface area contributed by atoms with Gasteiger partial charge in [0.25, 0.3) is 0 Å². The molecule has 0 heterocycles. The summed E-state index contributed by atoms with van der Waals surface area (Å²) in [4.78, 5) is 9.94. The molecule has 0 aromatic heterocycles. The first-order valence-electron chi connectivity index (χ1n) is 3.75. The summed E-state index contributed by atoms with van der Waals surface area (Å²) in [5.41, 5.74) is 1.26. The highest BCUT2D eigenvalue weighted by molar-refractivity contribution is 7.96. The van der Waals surface area contributed by atoms with E-state index in [1.165, 1.54) is 5.56 Å². The second-order valence-corrected chi connectivity index (χ2v) is 3.16. The molecule has 0 amide bonds. The number of carbonyl (C=O) groups excluding carboxylic acids is 1. The van der Waals surface area contributed by atoms with Crippen LogP contribution in [-0.2, 0) is 10.5 Å². The molecule has 3 heteroatoms. The summed E-state index contributed by atoms with van der Waals surface area (Å²) in [5, 5.41) is 0. The van der Waals surface area contributed by atoms with Crippen LogP contribution in [-0.4, -0.2) is 12.8 Å². The van der Waals surface area contributed by atoms with Gasteiger partial charge in [-0.25, -0.2) is 0 Å². The fourth-order valence-corrected chi connectivity index (χ4v) is 1.45. The van der Waals surface area contributed by atoms with Crippen molar-refractivity contribution < 1.29 is 4.79 Å². The molecule has 0 unspecified atom stereocenters. The monoisotopic (exact) mass is 181 g/mol. The highest BCUT2D eigenvalue weighted by Gasteiger charge is 1.89. The molecule has 0 aliphatic heterocycles. The molecule has 0 aliphatic rings. The van der Waals surface area contributed by atoms with Crippen molar-refractivity contribution in [3.05, 3.63) is 35.9 Å². The summed E-state index contributed by atoms with van der Waals surface area (Å²) >= 11 is 1.55. The highest BCUT2D eigenvalue weighted by Crippen LogP contribution is 2.07. The van der Waals surface area contributed by atoms with E-state index in [-0.39, 0.29) is 0 Å². The van der Waals surface area contributed by atoms with Crippen molar-refractivity contribution in [1.82, 2.24) is 4.72 Å². The predicted octanol–water partition coefficient (Wildman–Crippen LogP) is 1.62. The molecular weight excluding hydrogens is 170 g/mol. The van der Waals surface area contributed by atoms with E-state index in [1.807, 2.05) is 18.2 Å². The number of nitrogens with one attached hydrogen (secondary N) is 1. The number of carbonyl (C=O) groups is 1. The molecule has 1 aromatic rings. The van der Waals surface area contributed by atoms with Gasteiger partial charge in [-0.05, 0) is 5.56 Å². The van der Waals surface area contributed by atoms with Crippen molar-refractivity contribution in [2.45, 2.75) is 5.75 Å². The minimum absolute atomic E-state index is 0.414. The third-order valence-corrected chi connectivity index (χ3v) is 2.20. The van der Waals surface area contributed by atoms with Crippen molar-refractivity contribution in [2.75, 3.05) is 6.54 Å². The molecule has 1 rings (SSSR count). The van der Waals surface area contributed by atoms with Gasteiger partial charge in [0.05, 0.1) is 6.54 Å². The van der Waals surface area contributed by atoms with Crippen molar-refractivity contribution in [3.63, 3.8) is 0 Å². The lowest BCUT2D eigenvalue weighted by atomic mass is 10.2. The molecule has 0 saturated carbocycles. The van der Waals surface area contributed by atoms with Crippen LogP contribution >= 0.6 is 11.9 Å². The van der Waals surface area contributed by atoms with E-state index in [0.29, 0.717) is 6.54 Å². The molecule has 0 radical (unpaired) electrons. The Labute approximate surface area is 76.5 Å². The molecule has 12 heavy (non-hydrogen) atoms. The number of rotatable bonds is 5. The van der Waals surface area contributed by atoms with Crippen molar-refractivity contribution in [1.29, 1.82) is 0 Å². The first-order chi connectivity index (χ1) is 5.93. The highest BCUT2D eigenvalue weighted by atomic mass is 32.2. The van der Waals surface area contributed by atoms with E-state index in [4.69, 9.17) is 0 Å². The Hall–Kier alpha value is -0.800. The fourth-order valence-electron chi connectivity index (χ4n) is 0.802. The molecule has 1 aromatic carbocycles. The quantitative estimate of drug-likeness (QED) is 0.425. The van der Waals surface area contributed by atoms with Gasteiger partial charge in [0.2, 0.25) is 0 Å². The molecule has 0 fully saturated rings. The zero-order valence-corrected chi connectivity index (χ0v) is 7.51. The average Bonchev–Trinajstić information content (AvgIpc) is 2.14. The Bertz CT molecular complexity index is 225. The first kappa shape index (κ1) is 9.29. The van der Waals surface area contributed by atoms with Crippen molar-refractivity contribution >= 4 is 18.2 Å². The zero-order chi connectivity index (χ0) is 8.65. The van der Waals surface area contributed by atoms with Crippen LogP contribution in [0.4, 0.5) is 0 Å². The minimum Gasteiger partial charge on any atom is -0.302 e. The van der Waals surface area contributed by atoms with Crippen LogP contribution < -0.4 is 4.72 Å². The lowest BCUT2D eigenvalue weighted by Gasteiger charge is -1.99. The van der Waals surface area contributed by atoms with Gasteiger partial charge in [-0.1, -0.05) is 42.3 Å². The number of hydrogen-bond acceptors (Lipinski definition) is 3. The molecule has 1 N–H and O–H groups in total. The lowest BCUT2D eigenvalue weighted by Crippen LogP contribution is -2.06. The van der Waals surface area contributed by atoms with Gasteiger partial charge in [0.15, 0.2) is 0 Å². The number of hydrogen-bond donors (Lipinski definition) is 1. The lowest BCUT2D eigenvalue weighted by molar-refractivity contribution is -0.106. The smallest absolute Gasteiger partial charge is 0.134 e. The average molecular weight is 181 g/mol. The van der Waals surface area contributed by atoms with Gasteiger partial charge in [-0.15, -0.1) is 0 Å². The molecule has 64 valence electrons. The van der Waals surface area contributed by atoms with Crippen LogP contribution in [0, 0.1) is 0 Å².